The fourth-order valence-electron chi connectivity index (χ4n) is 1.08. The van der Waals surface area contributed by atoms with Crippen LogP contribution < -0.4 is 0 Å². The average molecular weight is 219 g/mol. The van der Waals surface area contributed by atoms with Crippen LogP contribution in [0.3, 0.4) is 0 Å². The summed E-state index contributed by atoms with van der Waals surface area (Å²) in [4.78, 5) is 14.3. The van der Waals surface area contributed by atoms with Crippen LogP contribution in [0.2, 0.25) is 0 Å². The third-order valence-electron chi connectivity index (χ3n) is 1.86. The molecule has 0 aliphatic rings. The first kappa shape index (κ1) is 13.9. The van der Waals surface area contributed by atoms with Gasteiger partial charge in [-0.3, -0.25) is 0 Å². The normalized spacial score (nSPS) is 9.21. The Morgan fingerprint density at radius 1 is 1.50 bits per heavy atom. The summed E-state index contributed by atoms with van der Waals surface area (Å²) < 4.78 is 0. The predicted molar refractivity (Wildman–Crippen MR) is 55.6 cm³/mol. The zero-order valence-corrected chi connectivity index (χ0v) is 10.6. The van der Waals surface area contributed by atoms with E-state index in [2.05, 4.69) is 11.9 Å². The van der Waals surface area contributed by atoms with E-state index in [0.717, 1.165) is 24.8 Å². The second-order valence-corrected chi connectivity index (χ2v) is 2.96. The number of hydrogen-bond acceptors (Lipinski definition) is 2. The van der Waals surface area contributed by atoms with Gasteiger partial charge in [-0.05, 0) is 24.5 Å². The number of hydrogen-bond donors (Lipinski definition) is 1. The van der Waals surface area contributed by atoms with Crippen LogP contribution in [-0.4, -0.2) is 53.8 Å². The summed E-state index contributed by atoms with van der Waals surface area (Å²) in [6, 6.07) is 3.37. The van der Waals surface area contributed by atoms with Crippen molar-refractivity contribution in [2.24, 2.45) is 0 Å². The van der Waals surface area contributed by atoms with Gasteiger partial charge in [-0.1, -0.05) is 19.4 Å². The Hall–Kier alpha value is -0.120. The summed E-state index contributed by atoms with van der Waals surface area (Å²) in [7, 11) is 0. The standard InChI is InChI=1S/C10H13NO2.Ca/c1-2-3-4-8-5-6-9(10(12)13)11-7-8;/h5-7H,2-4H2,1H3,(H,12,13);/q;+2. The molecule has 0 bridgehead atoms. The van der Waals surface area contributed by atoms with Gasteiger partial charge < -0.3 is 5.11 Å². The number of aromatic nitrogens is 1. The number of carbonyl (C=O) groups is 1. The Kier molecular flexibility index (Phi) is 7.15. The van der Waals surface area contributed by atoms with Gasteiger partial charge in [-0.15, -0.1) is 0 Å². The summed E-state index contributed by atoms with van der Waals surface area (Å²) >= 11 is 0. The topological polar surface area (TPSA) is 50.2 Å². The maximum atomic E-state index is 10.5. The van der Waals surface area contributed by atoms with Crippen LogP contribution in [0.1, 0.15) is 35.8 Å². The van der Waals surface area contributed by atoms with Crippen LogP contribution in [0, 0.1) is 0 Å². The number of carboxylic acid groups (broad SMARTS) is 1. The maximum Gasteiger partial charge on any atom is 2.00 e. The summed E-state index contributed by atoms with van der Waals surface area (Å²) in [6.45, 7) is 2.12. The van der Waals surface area contributed by atoms with Gasteiger partial charge in [0, 0.05) is 6.20 Å². The zero-order chi connectivity index (χ0) is 9.68. The molecule has 0 atom stereocenters. The molecule has 0 aliphatic heterocycles. The Morgan fingerprint density at radius 3 is 2.64 bits per heavy atom. The van der Waals surface area contributed by atoms with Gasteiger partial charge >= 0.3 is 43.7 Å². The molecule has 1 aromatic rings. The number of unbranched alkanes of at least 4 members (excludes halogenated alkanes) is 1. The fourth-order valence-corrected chi connectivity index (χ4v) is 1.08. The van der Waals surface area contributed by atoms with Crippen molar-refractivity contribution in [3.8, 4) is 0 Å². The molecule has 0 saturated heterocycles. The SMILES string of the molecule is CCCCc1ccc(C(=O)O)nc1.[Ca+2]. The van der Waals surface area contributed by atoms with E-state index < -0.39 is 5.97 Å². The molecule has 70 valence electrons. The van der Waals surface area contributed by atoms with E-state index >= 15 is 0 Å². The Bertz CT molecular complexity index is 285. The number of rotatable bonds is 4. The van der Waals surface area contributed by atoms with Crippen molar-refractivity contribution in [1.82, 2.24) is 4.98 Å². The van der Waals surface area contributed by atoms with Crippen molar-refractivity contribution in [3.63, 3.8) is 0 Å². The maximum absolute atomic E-state index is 10.5. The number of aromatic carboxylic acids is 1. The molecular formula is C10H13CaNO2+2. The monoisotopic (exact) mass is 219 g/mol. The van der Waals surface area contributed by atoms with Crippen molar-refractivity contribution >= 4 is 43.7 Å². The molecule has 1 N–H and O–H groups in total. The van der Waals surface area contributed by atoms with E-state index in [1.165, 1.54) is 0 Å². The summed E-state index contributed by atoms with van der Waals surface area (Å²) in [5.74, 6) is -0.970. The quantitative estimate of drug-likeness (QED) is 0.785. The first-order valence-electron chi connectivity index (χ1n) is 4.42. The van der Waals surface area contributed by atoms with Crippen molar-refractivity contribution in [2.45, 2.75) is 26.2 Å². The van der Waals surface area contributed by atoms with Gasteiger partial charge in [-0.2, -0.15) is 0 Å². The van der Waals surface area contributed by atoms with Gasteiger partial charge in [0.2, 0.25) is 0 Å². The largest absolute Gasteiger partial charge is 2.00 e. The third kappa shape index (κ3) is 4.40. The Balaban J connectivity index is 0.00000169. The van der Waals surface area contributed by atoms with Crippen molar-refractivity contribution < 1.29 is 9.90 Å². The fraction of sp³-hybridized carbons (Fsp3) is 0.400. The first-order chi connectivity index (χ1) is 6.24. The van der Waals surface area contributed by atoms with E-state index in [4.69, 9.17) is 5.11 Å². The molecule has 4 heteroatoms. The van der Waals surface area contributed by atoms with Crippen LogP contribution in [-0.2, 0) is 6.42 Å². The minimum Gasteiger partial charge on any atom is -0.477 e. The molecule has 14 heavy (non-hydrogen) atoms. The van der Waals surface area contributed by atoms with Gasteiger partial charge in [0.15, 0.2) is 0 Å². The number of carboxylic acids is 1. The third-order valence-corrected chi connectivity index (χ3v) is 1.86. The van der Waals surface area contributed by atoms with Crippen LogP contribution in [0.4, 0.5) is 0 Å². The smallest absolute Gasteiger partial charge is 0.477 e. The molecule has 3 nitrogen and oxygen atoms in total. The molecule has 0 radical (unpaired) electrons. The molecule has 0 fully saturated rings. The van der Waals surface area contributed by atoms with Crippen LogP contribution in [0.5, 0.6) is 0 Å². The Labute approximate surface area is 114 Å². The van der Waals surface area contributed by atoms with Gasteiger partial charge in [-0.25, -0.2) is 9.78 Å². The van der Waals surface area contributed by atoms with E-state index in [-0.39, 0.29) is 43.4 Å². The van der Waals surface area contributed by atoms with Crippen molar-refractivity contribution in [2.75, 3.05) is 0 Å². The number of aryl methyl sites for hydroxylation is 1. The van der Waals surface area contributed by atoms with Crippen molar-refractivity contribution in [3.05, 3.63) is 29.6 Å². The molecule has 0 amide bonds. The molecule has 1 aromatic heterocycles. The van der Waals surface area contributed by atoms with E-state index in [1.54, 1.807) is 12.3 Å². The number of nitrogens with zero attached hydrogens (tertiary/aromatic N) is 1. The van der Waals surface area contributed by atoms with E-state index in [9.17, 15) is 4.79 Å². The summed E-state index contributed by atoms with van der Waals surface area (Å²) in [6.07, 6.45) is 4.87. The minimum absolute atomic E-state index is 0. The van der Waals surface area contributed by atoms with E-state index in [1.807, 2.05) is 6.07 Å². The second kappa shape index (κ2) is 7.21. The van der Waals surface area contributed by atoms with Crippen LogP contribution in [0.25, 0.3) is 0 Å². The molecule has 0 saturated carbocycles. The molecule has 0 unspecified atom stereocenters. The molecule has 0 spiro atoms. The molecular weight excluding hydrogens is 206 g/mol. The minimum atomic E-state index is -0.970. The summed E-state index contributed by atoms with van der Waals surface area (Å²) in [5.41, 5.74) is 1.21. The summed E-state index contributed by atoms with van der Waals surface area (Å²) in [5, 5.41) is 8.59. The van der Waals surface area contributed by atoms with Gasteiger partial charge in [0.1, 0.15) is 5.69 Å². The molecule has 1 heterocycles. The van der Waals surface area contributed by atoms with Gasteiger partial charge in [0.25, 0.3) is 0 Å². The second-order valence-electron chi connectivity index (χ2n) is 2.96. The van der Waals surface area contributed by atoms with Crippen LogP contribution in [0.15, 0.2) is 18.3 Å². The zero-order valence-electron chi connectivity index (χ0n) is 8.36. The van der Waals surface area contributed by atoms with E-state index in [0.29, 0.717) is 0 Å². The first-order valence-corrected chi connectivity index (χ1v) is 4.42. The van der Waals surface area contributed by atoms with Crippen molar-refractivity contribution in [1.29, 1.82) is 0 Å². The molecule has 1 rings (SSSR count). The molecule has 0 aromatic carbocycles. The average Bonchev–Trinajstić information content (AvgIpc) is 2.15. The van der Waals surface area contributed by atoms with Gasteiger partial charge in [0.05, 0.1) is 0 Å². The Morgan fingerprint density at radius 2 is 2.21 bits per heavy atom. The number of pyridine rings is 1. The molecule has 0 aliphatic carbocycles. The van der Waals surface area contributed by atoms with Crippen LogP contribution >= 0.6 is 0 Å². The predicted octanol–water partition coefficient (Wildman–Crippen LogP) is 1.74.